The third kappa shape index (κ3) is 6.09. The second-order valence-electron chi connectivity index (χ2n) is 9.53. The lowest BCUT2D eigenvalue weighted by molar-refractivity contribution is -0.123. The van der Waals surface area contributed by atoms with Crippen molar-refractivity contribution in [1.29, 1.82) is 0 Å². The van der Waals surface area contributed by atoms with Crippen LogP contribution < -0.4 is 10.7 Å². The molecule has 0 fully saturated rings. The maximum absolute atomic E-state index is 13.0. The Labute approximate surface area is 222 Å². The van der Waals surface area contributed by atoms with Gasteiger partial charge in [0.05, 0.1) is 6.21 Å². The number of nitrogens with zero attached hydrogens (tertiary/aromatic N) is 2. The molecule has 2 amide bonds. The number of rotatable bonds is 8. The molecule has 190 valence electrons. The molecule has 1 atom stereocenters. The Morgan fingerprint density at radius 1 is 1.00 bits per heavy atom. The van der Waals surface area contributed by atoms with Gasteiger partial charge in [0.1, 0.15) is 6.04 Å². The van der Waals surface area contributed by atoms with Crippen molar-refractivity contribution in [2.75, 3.05) is 0 Å². The highest BCUT2D eigenvalue weighted by molar-refractivity contribution is 6.30. The lowest BCUT2D eigenvalue weighted by atomic mass is 10.0. The SMILES string of the molecule is Cc1cccc(Cn2c(C)c(C=NNC(=O)C(NC(=O)c3ccc(Cl)cc3)C(C)C)c3ccccc32)c1. The second kappa shape index (κ2) is 11.4. The number of carbonyl (C=O) groups excluding carboxylic acids is 2. The van der Waals surface area contributed by atoms with Crippen molar-refractivity contribution in [1.82, 2.24) is 15.3 Å². The number of carbonyl (C=O) groups is 2. The van der Waals surface area contributed by atoms with Crippen LogP contribution in [0.3, 0.4) is 0 Å². The van der Waals surface area contributed by atoms with Crippen LogP contribution in [0, 0.1) is 19.8 Å². The van der Waals surface area contributed by atoms with Gasteiger partial charge in [-0.1, -0.05) is 73.5 Å². The van der Waals surface area contributed by atoms with Crippen LogP contribution in [-0.2, 0) is 11.3 Å². The van der Waals surface area contributed by atoms with Crippen LogP contribution >= 0.6 is 11.6 Å². The van der Waals surface area contributed by atoms with E-state index in [0.717, 1.165) is 28.7 Å². The topological polar surface area (TPSA) is 75.5 Å². The highest BCUT2D eigenvalue weighted by atomic mass is 35.5. The molecule has 4 rings (SSSR count). The first-order valence-corrected chi connectivity index (χ1v) is 12.6. The summed E-state index contributed by atoms with van der Waals surface area (Å²) in [5, 5.41) is 8.68. The smallest absolute Gasteiger partial charge is 0.262 e. The number of hydrogen-bond acceptors (Lipinski definition) is 3. The molecule has 0 aliphatic rings. The van der Waals surface area contributed by atoms with E-state index in [4.69, 9.17) is 11.6 Å². The summed E-state index contributed by atoms with van der Waals surface area (Å²) in [6.45, 7) is 8.63. The summed E-state index contributed by atoms with van der Waals surface area (Å²) in [6, 6.07) is 22.4. The number of aryl methyl sites for hydroxylation is 1. The van der Waals surface area contributed by atoms with E-state index in [1.54, 1.807) is 30.5 Å². The highest BCUT2D eigenvalue weighted by Crippen LogP contribution is 2.25. The van der Waals surface area contributed by atoms with Crippen LogP contribution in [0.1, 0.15) is 46.6 Å². The molecule has 0 spiro atoms. The molecule has 1 aromatic heterocycles. The predicted octanol–water partition coefficient (Wildman–Crippen LogP) is 5.86. The van der Waals surface area contributed by atoms with Crippen molar-refractivity contribution in [3.05, 3.63) is 106 Å². The van der Waals surface area contributed by atoms with Gasteiger partial charge in [0.15, 0.2) is 0 Å². The van der Waals surface area contributed by atoms with Gasteiger partial charge in [-0.25, -0.2) is 5.43 Å². The van der Waals surface area contributed by atoms with Crippen molar-refractivity contribution < 1.29 is 9.59 Å². The van der Waals surface area contributed by atoms with Gasteiger partial charge in [0, 0.05) is 39.3 Å². The fourth-order valence-corrected chi connectivity index (χ4v) is 4.53. The van der Waals surface area contributed by atoms with E-state index >= 15 is 0 Å². The molecule has 0 aliphatic heterocycles. The van der Waals surface area contributed by atoms with Gasteiger partial charge < -0.3 is 9.88 Å². The van der Waals surface area contributed by atoms with E-state index in [1.807, 2.05) is 26.0 Å². The van der Waals surface area contributed by atoms with E-state index in [0.29, 0.717) is 10.6 Å². The zero-order valence-corrected chi connectivity index (χ0v) is 22.2. The molecule has 0 aliphatic carbocycles. The highest BCUT2D eigenvalue weighted by Gasteiger charge is 2.24. The van der Waals surface area contributed by atoms with E-state index in [-0.39, 0.29) is 17.7 Å². The van der Waals surface area contributed by atoms with E-state index in [9.17, 15) is 9.59 Å². The molecule has 37 heavy (non-hydrogen) atoms. The van der Waals surface area contributed by atoms with Crippen LogP contribution in [0.5, 0.6) is 0 Å². The fraction of sp³-hybridized carbons (Fsp3) is 0.233. The van der Waals surface area contributed by atoms with Gasteiger partial charge >= 0.3 is 0 Å². The predicted molar refractivity (Wildman–Crippen MR) is 150 cm³/mol. The number of halogens is 1. The monoisotopic (exact) mass is 514 g/mol. The third-order valence-electron chi connectivity index (χ3n) is 6.41. The van der Waals surface area contributed by atoms with E-state index < -0.39 is 6.04 Å². The average Bonchev–Trinajstić information content (AvgIpc) is 3.13. The zero-order chi connectivity index (χ0) is 26.5. The molecule has 1 heterocycles. The minimum absolute atomic E-state index is 0.135. The van der Waals surface area contributed by atoms with Crippen molar-refractivity contribution in [2.45, 2.75) is 40.3 Å². The average molecular weight is 515 g/mol. The number of fused-ring (bicyclic) bond motifs is 1. The van der Waals surface area contributed by atoms with Crippen LogP contribution in [-0.4, -0.2) is 28.6 Å². The third-order valence-corrected chi connectivity index (χ3v) is 6.67. The number of aromatic nitrogens is 1. The summed E-state index contributed by atoms with van der Waals surface area (Å²) >= 11 is 5.91. The summed E-state index contributed by atoms with van der Waals surface area (Å²) in [5.74, 6) is -0.858. The molecule has 6 nitrogen and oxygen atoms in total. The normalized spacial score (nSPS) is 12.3. The van der Waals surface area contributed by atoms with Crippen molar-refractivity contribution in [3.8, 4) is 0 Å². The minimum Gasteiger partial charge on any atom is -0.340 e. The molecule has 4 aromatic rings. The first kappa shape index (κ1) is 26.2. The van der Waals surface area contributed by atoms with Crippen molar-refractivity contribution in [2.24, 2.45) is 11.0 Å². The summed E-state index contributed by atoms with van der Waals surface area (Å²) in [4.78, 5) is 25.6. The Kier molecular flexibility index (Phi) is 8.09. The van der Waals surface area contributed by atoms with Gasteiger partial charge in [-0.3, -0.25) is 9.59 Å². The fourth-order valence-electron chi connectivity index (χ4n) is 4.41. The Balaban J connectivity index is 1.52. The first-order chi connectivity index (χ1) is 17.7. The van der Waals surface area contributed by atoms with Crippen LogP contribution in [0.25, 0.3) is 10.9 Å². The van der Waals surface area contributed by atoms with Gasteiger partial charge in [-0.15, -0.1) is 0 Å². The van der Waals surface area contributed by atoms with Crippen LogP contribution in [0.2, 0.25) is 5.02 Å². The largest absolute Gasteiger partial charge is 0.340 e. The molecule has 0 radical (unpaired) electrons. The van der Waals surface area contributed by atoms with Crippen LogP contribution in [0.4, 0.5) is 0 Å². The van der Waals surface area contributed by atoms with Crippen molar-refractivity contribution in [3.63, 3.8) is 0 Å². The molecule has 1 unspecified atom stereocenters. The van der Waals surface area contributed by atoms with E-state index in [2.05, 4.69) is 70.7 Å². The van der Waals surface area contributed by atoms with Gasteiger partial charge in [-0.05, 0) is 55.7 Å². The van der Waals surface area contributed by atoms with Gasteiger partial charge in [0.2, 0.25) is 0 Å². The maximum Gasteiger partial charge on any atom is 0.262 e. The second-order valence-corrected chi connectivity index (χ2v) is 9.96. The minimum atomic E-state index is -0.746. The maximum atomic E-state index is 13.0. The summed E-state index contributed by atoms with van der Waals surface area (Å²) in [5.41, 5.74) is 8.59. The number of amides is 2. The Morgan fingerprint density at radius 3 is 2.43 bits per heavy atom. The Bertz CT molecular complexity index is 1450. The van der Waals surface area contributed by atoms with Crippen LogP contribution in [0.15, 0.2) is 77.9 Å². The molecule has 0 bridgehead atoms. The summed E-state index contributed by atoms with van der Waals surface area (Å²) in [7, 11) is 0. The quantitative estimate of drug-likeness (QED) is 0.228. The summed E-state index contributed by atoms with van der Waals surface area (Å²) in [6.07, 6.45) is 1.68. The van der Waals surface area contributed by atoms with E-state index in [1.165, 1.54) is 11.1 Å². The molecule has 3 aromatic carbocycles. The number of para-hydroxylation sites is 1. The molecular weight excluding hydrogens is 484 g/mol. The lowest BCUT2D eigenvalue weighted by Gasteiger charge is -2.20. The van der Waals surface area contributed by atoms with Gasteiger partial charge in [-0.2, -0.15) is 5.10 Å². The Hall–Kier alpha value is -3.90. The number of hydrogen-bond donors (Lipinski definition) is 2. The molecule has 0 saturated heterocycles. The number of benzene rings is 3. The van der Waals surface area contributed by atoms with Crippen molar-refractivity contribution >= 4 is 40.5 Å². The molecule has 2 N–H and O–H groups in total. The van der Waals surface area contributed by atoms with Gasteiger partial charge in [0.25, 0.3) is 11.8 Å². The molecule has 7 heteroatoms. The Morgan fingerprint density at radius 2 is 1.73 bits per heavy atom. The molecule has 0 saturated carbocycles. The molecular formula is C30H31ClN4O2. The standard InChI is InChI=1S/C30H31ClN4O2/c1-19(2)28(33-29(36)23-12-14-24(31)15-13-23)30(37)34-32-17-26-21(4)35(27-11-6-5-10-25(26)27)18-22-9-7-8-20(3)16-22/h5-17,19,28H,18H2,1-4H3,(H,33,36)(H,34,37). The number of nitrogens with one attached hydrogen (secondary N) is 2. The summed E-state index contributed by atoms with van der Waals surface area (Å²) < 4.78 is 2.26. The lowest BCUT2D eigenvalue weighted by Crippen LogP contribution is -2.48. The first-order valence-electron chi connectivity index (χ1n) is 12.3. The number of hydrazone groups is 1. The zero-order valence-electron chi connectivity index (χ0n) is 21.5.